The SMILES string of the molecule is CCSC(C)(C)CC(C)(C(C)=O)C(=O)N(C)C(COCCC(=O)C(C)C)COCCC(=O)C(C)C. The monoisotopic (exact) mass is 515 g/mol. The number of thioether (sulfide) groups is 1. The molecule has 0 aliphatic heterocycles. The Bertz CT molecular complexity index is 678. The van der Waals surface area contributed by atoms with E-state index in [0.717, 1.165) is 5.75 Å². The molecule has 7 nitrogen and oxygen atoms in total. The van der Waals surface area contributed by atoms with Gasteiger partial charge in [0.1, 0.15) is 22.8 Å². The van der Waals surface area contributed by atoms with Crippen molar-refractivity contribution in [3.8, 4) is 0 Å². The predicted octanol–water partition coefficient (Wildman–Crippen LogP) is 4.59. The second kappa shape index (κ2) is 15.8. The molecule has 0 fully saturated rings. The van der Waals surface area contributed by atoms with E-state index in [4.69, 9.17) is 9.47 Å². The molecule has 0 aromatic carbocycles. The molecule has 0 aliphatic carbocycles. The topological polar surface area (TPSA) is 90.0 Å². The van der Waals surface area contributed by atoms with Crippen LogP contribution in [0.2, 0.25) is 0 Å². The van der Waals surface area contributed by atoms with Crippen LogP contribution in [0.3, 0.4) is 0 Å². The Morgan fingerprint density at radius 1 is 0.857 bits per heavy atom. The van der Waals surface area contributed by atoms with Gasteiger partial charge >= 0.3 is 0 Å². The number of likely N-dealkylation sites (N-methyl/N-ethyl adjacent to an activating group) is 1. The Hall–Kier alpha value is -1.25. The zero-order chi connectivity index (χ0) is 27.4. The van der Waals surface area contributed by atoms with E-state index in [1.807, 2.05) is 27.7 Å². The van der Waals surface area contributed by atoms with Gasteiger partial charge in [0, 0.05) is 36.5 Å². The highest BCUT2D eigenvalue weighted by atomic mass is 32.2. The fraction of sp³-hybridized carbons (Fsp3) is 0.852. The second-order valence-electron chi connectivity index (χ2n) is 10.7. The third-order valence-electron chi connectivity index (χ3n) is 6.33. The van der Waals surface area contributed by atoms with Gasteiger partial charge in [-0.05, 0) is 26.0 Å². The zero-order valence-electron chi connectivity index (χ0n) is 23.7. The Kier molecular flexibility index (Phi) is 15.2. The fourth-order valence-corrected chi connectivity index (χ4v) is 5.00. The van der Waals surface area contributed by atoms with E-state index < -0.39 is 11.5 Å². The maximum Gasteiger partial charge on any atom is 0.236 e. The number of carbonyl (C=O) groups excluding carboxylic acids is 4. The average molecular weight is 516 g/mol. The summed E-state index contributed by atoms with van der Waals surface area (Å²) in [5, 5.41) is 0. The quantitative estimate of drug-likeness (QED) is 0.183. The first-order valence-electron chi connectivity index (χ1n) is 12.7. The molecule has 0 aromatic heterocycles. The number of nitrogens with zero attached hydrogens (tertiary/aromatic N) is 1. The summed E-state index contributed by atoms with van der Waals surface area (Å²) in [6.45, 7) is 17.6. The van der Waals surface area contributed by atoms with E-state index in [0.29, 0.717) is 19.3 Å². The lowest BCUT2D eigenvalue weighted by Gasteiger charge is -2.39. The zero-order valence-corrected chi connectivity index (χ0v) is 24.5. The van der Waals surface area contributed by atoms with Crippen LogP contribution in [0.5, 0.6) is 0 Å². The highest BCUT2D eigenvalue weighted by molar-refractivity contribution is 8.00. The Labute approximate surface area is 217 Å². The van der Waals surface area contributed by atoms with Crippen molar-refractivity contribution in [3.63, 3.8) is 0 Å². The molecule has 0 aromatic rings. The van der Waals surface area contributed by atoms with Gasteiger partial charge in [0.2, 0.25) is 5.91 Å². The number of hydrogen-bond donors (Lipinski definition) is 0. The first-order chi connectivity index (χ1) is 16.1. The number of amides is 1. The molecule has 1 unspecified atom stereocenters. The Balaban J connectivity index is 5.48. The molecule has 8 heteroatoms. The van der Waals surface area contributed by atoms with Crippen LogP contribution < -0.4 is 0 Å². The highest BCUT2D eigenvalue weighted by Gasteiger charge is 2.45. The third-order valence-corrected chi connectivity index (χ3v) is 7.54. The number of Topliss-reactive ketones (excluding diaryl/α,β-unsaturated/α-hetero) is 3. The van der Waals surface area contributed by atoms with E-state index >= 15 is 0 Å². The van der Waals surface area contributed by atoms with Crippen LogP contribution in [0.25, 0.3) is 0 Å². The van der Waals surface area contributed by atoms with Crippen molar-refractivity contribution in [2.45, 2.75) is 92.4 Å². The number of ketones is 3. The van der Waals surface area contributed by atoms with Crippen LogP contribution in [0, 0.1) is 17.3 Å². The average Bonchev–Trinajstić information content (AvgIpc) is 2.75. The maximum atomic E-state index is 13.7. The van der Waals surface area contributed by atoms with Crippen molar-refractivity contribution in [1.82, 2.24) is 4.90 Å². The second-order valence-corrected chi connectivity index (χ2v) is 12.7. The molecule has 0 saturated heterocycles. The molecule has 1 amide bonds. The van der Waals surface area contributed by atoms with Crippen molar-refractivity contribution < 1.29 is 28.7 Å². The van der Waals surface area contributed by atoms with Gasteiger partial charge in [0.05, 0.1) is 32.5 Å². The van der Waals surface area contributed by atoms with Crippen molar-refractivity contribution in [1.29, 1.82) is 0 Å². The van der Waals surface area contributed by atoms with Crippen LogP contribution in [0.15, 0.2) is 0 Å². The lowest BCUT2D eigenvalue weighted by molar-refractivity contribution is -0.152. The van der Waals surface area contributed by atoms with Gasteiger partial charge < -0.3 is 14.4 Å². The summed E-state index contributed by atoms with van der Waals surface area (Å²) in [6.07, 6.45) is 1.02. The van der Waals surface area contributed by atoms with Gasteiger partial charge in [-0.1, -0.05) is 48.5 Å². The molecule has 204 valence electrons. The van der Waals surface area contributed by atoms with E-state index in [-0.39, 0.29) is 66.3 Å². The maximum absolute atomic E-state index is 13.7. The normalized spacial score (nSPS) is 13.9. The van der Waals surface area contributed by atoms with Crippen molar-refractivity contribution in [2.24, 2.45) is 17.3 Å². The van der Waals surface area contributed by atoms with Gasteiger partial charge in [0.25, 0.3) is 0 Å². The van der Waals surface area contributed by atoms with Crippen LogP contribution in [-0.4, -0.2) is 78.2 Å². The van der Waals surface area contributed by atoms with E-state index in [2.05, 4.69) is 20.8 Å². The summed E-state index contributed by atoms with van der Waals surface area (Å²) < 4.78 is 11.3. The Morgan fingerprint density at radius 2 is 1.29 bits per heavy atom. The number of rotatable bonds is 19. The summed E-state index contributed by atoms with van der Waals surface area (Å²) in [7, 11) is 1.67. The highest BCUT2D eigenvalue weighted by Crippen LogP contribution is 2.39. The molecule has 1 atom stereocenters. The van der Waals surface area contributed by atoms with Crippen LogP contribution >= 0.6 is 11.8 Å². The first kappa shape index (κ1) is 33.8. The molecule has 0 rings (SSSR count). The van der Waals surface area contributed by atoms with Gasteiger partial charge in [-0.15, -0.1) is 0 Å². The standard InChI is InChI=1S/C27H49NO6S/c1-11-35-26(7,8)18-27(9,21(6)29)25(32)28(10)22(16-33-14-12-23(30)19(2)3)17-34-15-13-24(31)20(4)5/h19-20,22H,11-18H2,1-10H3. The lowest BCUT2D eigenvalue weighted by Crippen LogP contribution is -2.53. The van der Waals surface area contributed by atoms with Gasteiger partial charge in [-0.2, -0.15) is 11.8 Å². The number of ether oxygens (including phenoxy) is 2. The van der Waals surface area contributed by atoms with E-state index in [1.165, 1.54) is 6.92 Å². The Morgan fingerprint density at radius 3 is 1.63 bits per heavy atom. The van der Waals surface area contributed by atoms with Gasteiger partial charge in [-0.25, -0.2) is 0 Å². The summed E-state index contributed by atoms with van der Waals surface area (Å²) in [5.41, 5.74) is -1.18. The van der Waals surface area contributed by atoms with E-state index in [9.17, 15) is 19.2 Å². The van der Waals surface area contributed by atoms with Crippen molar-refractivity contribution in [3.05, 3.63) is 0 Å². The molecule has 0 spiro atoms. The molecule has 0 N–H and O–H groups in total. The molecule has 35 heavy (non-hydrogen) atoms. The first-order valence-corrected chi connectivity index (χ1v) is 13.7. The minimum absolute atomic E-state index is 0.0545. The number of hydrogen-bond acceptors (Lipinski definition) is 7. The summed E-state index contributed by atoms with van der Waals surface area (Å²) in [4.78, 5) is 51.8. The molecular weight excluding hydrogens is 466 g/mol. The summed E-state index contributed by atoms with van der Waals surface area (Å²) in [6, 6.07) is -0.452. The largest absolute Gasteiger partial charge is 0.379 e. The van der Waals surface area contributed by atoms with Crippen LogP contribution in [0.4, 0.5) is 0 Å². The molecule has 0 heterocycles. The smallest absolute Gasteiger partial charge is 0.236 e. The molecular formula is C27H49NO6S. The van der Waals surface area contributed by atoms with Crippen LogP contribution in [0.1, 0.15) is 81.6 Å². The molecule has 0 radical (unpaired) electrons. The number of carbonyl (C=O) groups is 4. The molecule has 0 saturated carbocycles. The van der Waals surface area contributed by atoms with Crippen molar-refractivity contribution in [2.75, 3.05) is 39.2 Å². The lowest BCUT2D eigenvalue weighted by atomic mass is 9.77. The minimum atomic E-state index is -1.18. The minimum Gasteiger partial charge on any atom is -0.379 e. The molecule has 0 bridgehead atoms. The fourth-order valence-electron chi connectivity index (χ4n) is 3.83. The summed E-state index contributed by atoms with van der Waals surface area (Å²) >= 11 is 1.72. The van der Waals surface area contributed by atoms with Gasteiger partial charge in [-0.3, -0.25) is 19.2 Å². The van der Waals surface area contributed by atoms with Gasteiger partial charge in [0.15, 0.2) is 0 Å². The summed E-state index contributed by atoms with van der Waals surface area (Å²) in [5.74, 6) is 0.568. The van der Waals surface area contributed by atoms with Crippen LogP contribution in [-0.2, 0) is 28.7 Å². The van der Waals surface area contributed by atoms with Crippen molar-refractivity contribution >= 4 is 35.0 Å². The molecule has 0 aliphatic rings. The predicted molar refractivity (Wildman–Crippen MR) is 143 cm³/mol. The van der Waals surface area contributed by atoms with E-state index in [1.54, 1.807) is 30.6 Å². The third kappa shape index (κ3) is 12.0.